The van der Waals surface area contributed by atoms with Gasteiger partial charge in [0.1, 0.15) is 5.66 Å². The first kappa shape index (κ1) is 10.5. The van der Waals surface area contributed by atoms with Gasteiger partial charge in [-0.25, -0.2) is 0 Å². The van der Waals surface area contributed by atoms with Gasteiger partial charge < -0.3 is 24.3 Å². The number of furan rings is 1. The predicted octanol–water partition coefficient (Wildman–Crippen LogP) is -1.29. The SMILES string of the molecule is CN1CCN(c2ccc(B(O)O)o2)CC1. The molecule has 0 aliphatic carbocycles. The van der Waals surface area contributed by atoms with Crippen molar-refractivity contribution in [1.82, 2.24) is 4.90 Å². The fourth-order valence-corrected chi connectivity index (χ4v) is 1.68. The molecular formula is C9H15BN2O3. The van der Waals surface area contributed by atoms with E-state index in [1.54, 1.807) is 12.1 Å². The fourth-order valence-electron chi connectivity index (χ4n) is 1.68. The predicted molar refractivity (Wildman–Crippen MR) is 58.2 cm³/mol. The lowest BCUT2D eigenvalue weighted by atomic mass is 9.88. The van der Waals surface area contributed by atoms with Crippen LogP contribution in [0.15, 0.2) is 16.5 Å². The third kappa shape index (κ3) is 2.34. The lowest BCUT2D eigenvalue weighted by Gasteiger charge is -2.32. The van der Waals surface area contributed by atoms with Crippen LogP contribution in [0.5, 0.6) is 0 Å². The lowest BCUT2D eigenvalue weighted by molar-refractivity contribution is 0.306. The number of likely N-dealkylation sites (N-methyl/N-ethyl adjacent to an activating group) is 1. The van der Waals surface area contributed by atoms with Crippen molar-refractivity contribution in [3.8, 4) is 0 Å². The molecule has 2 rings (SSSR count). The summed E-state index contributed by atoms with van der Waals surface area (Å²) in [6, 6.07) is 3.37. The maximum Gasteiger partial charge on any atom is 0.526 e. The highest BCUT2D eigenvalue weighted by Crippen LogP contribution is 2.15. The van der Waals surface area contributed by atoms with Crippen LogP contribution in [0.2, 0.25) is 0 Å². The molecule has 1 saturated heterocycles. The van der Waals surface area contributed by atoms with Crippen LogP contribution in [-0.2, 0) is 0 Å². The van der Waals surface area contributed by atoms with E-state index in [9.17, 15) is 0 Å². The molecule has 1 aromatic rings. The van der Waals surface area contributed by atoms with E-state index >= 15 is 0 Å². The van der Waals surface area contributed by atoms with Crippen LogP contribution >= 0.6 is 0 Å². The molecule has 82 valence electrons. The summed E-state index contributed by atoms with van der Waals surface area (Å²) >= 11 is 0. The minimum Gasteiger partial charge on any atom is -0.449 e. The standard InChI is InChI=1S/C9H15BN2O3/c1-11-4-6-12(7-5-11)9-3-2-8(15-9)10(13)14/h2-3,13-14H,4-7H2,1H3. The Kier molecular flexibility index (Phi) is 2.99. The van der Waals surface area contributed by atoms with Crippen molar-refractivity contribution in [2.45, 2.75) is 0 Å². The van der Waals surface area contributed by atoms with Gasteiger partial charge in [0.25, 0.3) is 0 Å². The summed E-state index contributed by atoms with van der Waals surface area (Å²) < 4.78 is 5.33. The minimum absolute atomic E-state index is 0.198. The Hall–Kier alpha value is -0.975. The van der Waals surface area contributed by atoms with Crippen molar-refractivity contribution < 1.29 is 14.5 Å². The van der Waals surface area contributed by atoms with E-state index in [1.807, 2.05) is 0 Å². The van der Waals surface area contributed by atoms with Gasteiger partial charge in [-0.05, 0) is 13.1 Å². The summed E-state index contributed by atoms with van der Waals surface area (Å²) in [4.78, 5) is 4.35. The average Bonchev–Trinajstić information content (AvgIpc) is 2.68. The van der Waals surface area contributed by atoms with Gasteiger partial charge in [0, 0.05) is 32.2 Å². The van der Waals surface area contributed by atoms with Crippen molar-refractivity contribution in [2.24, 2.45) is 0 Å². The fraction of sp³-hybridized carbons (Fsp3) is 0.556. The van der Waals surface area contributed by atoms with E-state index in [4.69, 9.17) is 14.5 Å². The molecule has 1 fully saturated rings. The van der Waals surface area contributed by atoms with Crippen LogP contribution in [0.25, 0.3) is 0 Å². The summed E-state index contributed by atoms with van der Waals surface area (Å²) in [5.41, 5.74) is 0.198. The average molecular weight is 210 g/mol. The first-order valence-electron chi connectivity index (χ1n) is 5.06. The maximum absolute atomic E-state index is 8.91. The van der Waals surface area contributed by atoms with Gasteiger partial charge >= 0.3 is 7.12 Å². The summed E-state index contributed by atoms with van der Waals surface area (Å²) in [5, 5.41) is 17.8. The Labute approximate surface area is 89.0 Å². The zero-order valence-corrected chi connectivity index (χ0v) is 8.76. The van der Waals surface area contributed by atoms with E-state index in [-0.39, 0.29) is 5.66 Å². The third-order valence-corrected chi connectivity index (χ3v) is 2.68. The molecule has 0 spiro atoms. The van der Waals surface area contributed by atoms with Crippen LogP contribution in [0.1, 0.15) is 0 Å². The van der Waals surface area contributed by atoms with Gasteiger partial charge in [0.05, 0.1) is 0 Å². The van der Waals surface area contributed by atoms with E-state index in [0.717, 1.165) is 26.2 Å². The lowest BCUT2D eigenvalue weighted by Crippen LogP contribution is -2.44. The number of hydrogen-bond acceptors (Lipinski definition) is 5. The molecule has 0 bridgehead atoms. The Morgan fingerprint density at radius 2 is 1.87 bits per heavy atom. The zero-order valence-electron chi connectivity index (χ0n) is 8.76. The van der Waals surface area contributed by atoms with E-state index in [2.05, 4.69) is 16.8 Å². The molecule has 1 aromatic heterocycles. The van der Waals surface area contributed by atoms with Gasteiger partial charge in [0.15, 0.2) is 5.88 Å². The second kappa shape index (κ2) is 4.26. The van der Waals surface area contributed by atoms with Crippen LogP contribution in [0, 0.1) is 0 Å². The topological polar surface area (TPSA) is 60.1 Å². The highest BCUT2D eigenvalue weighted by molar-refractivity contribution is 6.57. The number of piperazine rings is 1. The summed E-state index contributed by atoms with van der Waals surface area (Å²) in [5.74, 6) is 0.714. The number of rotatable bonds is 2. The number of anilines is 1. The molecule has 1 aliphatic rings. The highest BCUT2D eigenvalue weighted by atomic mass is 16.4. The summed E-state index contributed by atoms with van der Waals surface area (Å²) in [6.45, 7) is 3.81. The molecule has 0 radical (unpaired) electrons. The molecule has 2 heterocycles. The van der Waals surface area contributed by atoms with Crippen molar-refractivity contribution in [3.63, 3.8) is 0 Å². The van der Waals surface area contributed by atoms with Gasteiger partial charge in [-0.3, -0.25) is 0 Å². The summed E-state index contributed by atoms with van der Waals surface area (Å²) in [7, 11) is 0.564. The molecule has 15 heavy (non-hydrogen) atoms. The molecule has 1 aliphatic heterocycles. The molecule has 0 aromatic carbocycles. The minimum atomic E-state index is -1.52. The number of nitrogens with zero attached hydrogens (tertiary/aromatic N) is 2. The van der Waals surface area contributed by atoms with Gasteiger partial charge in [-0.1, -0.05) is 0 Å². The Balaban J connectivity index is 2.03. The van der Waals surface area contributed by atoms with Crippen LogP contribution < -0.4 is 10.6 Å². The molecule has 0 saturated carbocycles. The van der Waals surface area contributed by atoms with Crippen molar-refractivity contribution in [1.29, 1.82) is 0 Å². The molecule has 5 nitrogen and oxygen atoms in total. The van der Waals surface area contributed by atoms with Gasteiger partial charge in [0.2, 0.25) is 0 Å². The molecule has 0 amide bonds. The quantitative estimate of drug-likeness (QED) is 0.595. The Bertz CT molecular complexity index is 321. The largest absolute Gasteiger partial charge is 0.526 e. The third-order valence-electron chi connectivity index (χ3n) is 2.68. The highest BCUT2D eigenvalue weighted by Gasteiger charge is 2.20. The van der Waals surface area contributed by atoms with Gasteiger partial charge in [-0.15, -0.1) is 0 Å². The summed E-state index contributed by atoms with van der Waals surface area (Å²) in [6.07, 6.45) is 0. The molecule has 0 unspecified atom stereocenters. The van der Waals surface area contributed by atoms with E-state index in [1.165, 1.54) is 0 Å². The Morgan fingerprint density at radius 1 is 1.20 bits per heavy atom. The van der Waals surface area contributed by atoms with E-state index in [0.29, 0.717) is 5.88 Å². The normalized spacial score (nSPS) is 18.2. The van der Waals surface area contributed by atoms with E-state index < -0.39 is 7.12 Å². The maximum atomic E-state index is 8.91. The zero-order chi connectivity index (χ0) is 10.8. The smallest absolute Gasteiger partial charge is 0.449 e. The monoisotopic (exact) mass is 210 g/mol. The first-order chi connectivity index (χ1) is 7.16. The Morgan fingerprint density at radius 3 is 2.40 bits per heavy atom. The molecule has 0 atom stereocenters. The second-order valence-electron chi connectivity index (χ2n) is 3.84. The molecule has 2 N–H and O–H groups in total. The van der Waals surface area contributed by atoms with Crippen LogP contribution in [0.3, 0.4) is 0 Å². The van der Waals surface area contributed by atoms with Gasteiger partial charge in [-0.2, -0.15) is 0 Å². The van der Waals surface area contributed by atoms with Crippen LogP contribution in [-0.4, -0.2) is 55.3 Å². The molecular weight excluding hydrogens is 195 g/mol. The van der Waals surface area contributed by atoms with Crippen molar-refractivity contribution >= 4 is 18.7 Å². The van der Waals surface area contributed by atoms with Crippen molar-refractivity contribution in [3.05, 3.63) is 12.1 Å². The second-order valence-corrected chi connectivity index (χ2v) is 3.84. The number of hydrogen-bond donors (Lipinski definition) is 2. The van der Waals surface area contributed by atoms with Crippen LogP contribution in [0.4, 0.5) is 5.88 Å². The first-order valence-corrected chi connectivity index (χ1v) is 5.06. The molecule has 6 heteroatoms. The van der Waals surface area contributed by atoms with Crippen molar-refractivity contribution in [2.75, 3.05) is 38.1 Å².